The first-order valence-electron chi connectivity index (χ1n) is 7.44. The molecule has 2 unspecified atom stereocenters. The van der Waals surface area contributed by atoms with Crippen LogP contribution < -0.4 is 5.73 Å². The van der Waals surface area contributed by atoms with Crippen LogP contribution in [-0.4, -0.2) is 23.5 Å². The zero-order valence-corrected chi connectivity index (χ0v) is 12.3. The molecular formula is C16H24F2N2. The lowest BCUT2D eigenvalue weighted by Crippen LogP contribution is -2.54. The van der Waals surface area contributed by atoms with Crippen LogP contribution in [0.2, 0.25) is 0 Å². The maximum atomic E-state index is 13.4. The first kappa shape index (κ1) is 15.4. The van der Waals surface area contributed by atoms with Crippen molar-refractivity contribution in [3.63, 3.8) is 0 Å². The summed E-state index contributed by atoms with van der Waals surface area (Å²) in [5.41, 5.74) is 6.85. The van der Waals surface area contributed by atoms with Crippen LogP contribution in [0, 0.1) is 11.6 Å². The van der Waals surface area contributed by atoms with E-state index in [4.69, 9.17) is 5.73 Å². The molecule has 1 heterocycles. The molecule has 0 aromatic heterocycles. The highest BCUT2D eigenvalue weighted by molar-refractivity contribution is 5.24. The predicted molar refractivity (Wildman–Crippen MR) is 77.4 cm³/mol. The Balaban J connectivity index is 2.26. The van der Waals surface area contributed by atoms with E-state index in [0.717, 1.165) is 25.6 Å². The van der Waals surface area contributed by atoms with Gasteiger partial charge in [0, 0.05) is 11.6 Å². The summed E-state index contributed by atoms with van der Waals surface area (Å²) >= 11 is 0. The summed E-state index contributed by atoms with van der Waals surface area (Å²) < 4.78 is 26.5. The Labute approximate surface area is 120 Å². The fourth-order valence-electron chi connectivity index (χ4n) is 3.11. The fraction of sp³-hybridized carbons (Fsp3) is 0.625. The van der Waals surface area contributed by atoms with Crippen LogP contribution in [0.3, 0.4) is 0 Å². The van der Waals surface area contributed by atoms with Crippen molar-refractivity contribution in [3.8, 4) is 0 Å². The number of benzene rings is 1. The smallest absolute Gasteiger partial charge is 0.159 e. The minimum absolute atomic E-state index is 0.218. The Hall–Kier alpha value is -1.00. The molecule has 1 aromatic carbocycles. The quantitative estimate of drug-likeness (QED) is 0.914. The third kappa shape index (κ3) is 2.86. The second-order valence-corrected chi connectivity index (χ2v) is 5.91. The van der Waals surface area contributed by atoms with Gasteiger partial charge in [0.25, 0.3) is 0 Å². The normalized spacial score (nSPS) is 21.4. The molecule has 1 aliphatic heterocycles. The van der Waals surface area contributed by atoms with Gasteiger partial charge < -0.3 is 5.73 Å². The lowest BCUT2D eigenvalue weighted by Gasteiger charge is -2.47. The van der Waals surface area contributed by atoms with Crippen molar-refractivity contribution in [3.05, 3.63) is 35.4 Å². The molecule has 4 heteroatoms. The molecule has 1 fully saturated rings. The fourth-order valence-corrected chi connectivity index (χ4v) is 3.11. The summed E-state index contributed by atoms with van der Waals surface area (Å²) in [6, 6.07) is 3.68. The Morgan fingerprint density at radius 3 is 2.40 bits per heavy atom. The third-order valence-electron chi connectivity index (χ3n) is 4.77. The van der Waals surface area contributed by atoms with E-state index in [2.05, 4.69) is 18.7 Å². The molecule has 1 aromatic rings. The van der Waals surface area contributed by atoms with Crippen LogP contribution in [0.5, 0.6) is 0 Å². The number of hydrogen-bond acceptors (Lipinski definition) is 2. The van der Waals surface area contributed by atoms with Crippen LogP contribution in [0.15, 0.2) is 18.2 Å². The summed E-state index contributed by atoms with van der Waals surface area (Å²) in [5, 5.41) is 0. The first-order valence-corrected chi connectivity index (χ1v) is 7.44. The molecule has 0 amide bonds. The molecule has 2 nitrogen and oxygen atoms in total. The van der Waals surface area contributed by atoms with Crippen molar-refractivity contribution < 1.29 is 8.78 Å². The van der Waals surface area contributed by atoms with E-state index in [-0.39, 0.29) is 11.6 Å². The molecule has 0 bridgehead atoms. The van der Waals surface area contributed by atoms with Crippen molar-refractivity contribution in [1.82, 2.24) is 4.90 Å². The molecule has 2 rings (SSSR count). The minimum Gasteiger partial charge on any atom is -0.322 e. The maximum absolute atomic E-state index is 13.4. The topological polar surface area (TPSA) is 29.3 Å². The van der Waals surface area contributed by atoms with Gasteiger partial charge in [0.15, 0.2) is 11.6 Å². The molecule has 0 aliphatic carbocycles. The van der Waals surface area contributed by atoms with E-state index in [0.29, 0.717) is 5.56 Å². The SMILES string of the molecule is CCC(C)(C(N)c1ccc(F)c(F)c1)N1CCCCC1. The van der Waals surface area contributed by atoms with Crippen molar-refractivity contribution in [2.24, 2.45) is 5.73 Å². The van der Waals surface area contributed by atoms with E-state index < -0.39 is 11.6 Å². The average Bonchev–Trinajstić information content (AvgIpc) is 2.49. The molecule has 2 atom stereocenters. The average molecular weight is 282 g/mol. The molecular weight excluding hydrogens is 258 g/mol. The number of rotatable bonds is 4. The Kier molecular flexibility index (Phi) is 4.76. The van der Waals surface area contributed by atoms with Gasteiger partial charge in [0.05, 0.1) is 0 Å². The standard InChI is InChI=1S/C16H24F2N2/c1-3-16(2,20-9-5-4-6-10-20)15(19)12-7-8-13(17)14(18)11-12/h7-8,11,15H,3-6,9-10,19H2,1-2H3. The van der Waals surface area contributed by atoms with Gasteiger partial charge in [-0.2, -0.15) is 0 Å². The maximum Gasteiger partial charge on any atom is 0.159 e. The van der Waals surface area contributed by atoms with Gasteiger partial charge in [-0.1, -0.05) is 19.4 Å². The lowest BCUT2D eigenvalue weighted by molar-refractivity contribution is 0.0541. The van der Waals surface area contributed by atoms with E-state index >= 15 is 0 Å². The molecule has 2 N–H and O–H groups in total. The summed E-state index contributed by atoms with van der Waals surface area (Å²) in [7, 11) is 0. The molecule has 0 saturated carbocycles. The zero-order chi connectivity index (χ0) is 14.8. The van der Waals surface area contributed by atoms with E-state index in [1.165, 1.54) is 25.3 Å². The highest BCUT2D eigenvalue weighted by Crippen LogP contribution is 2.34. The summed E-state index contributed by atoms with van der Waals surface area (Å²) in [4.78, 5) is 2.41. The summed E-state index contributed by atoms with van der Waals surface area (Å²) in [6.45, 7) is 6.29. The van der Waals surface area contributed by atoms with Crippen LogP contribution in [0.25, 0.3) is 0 Å². The van der Waals surface area contributed by atoms with Gasteiger partial charge in [0.2, 0.25) is 0 Å². The monoisotopic (exact) mass is 282 g/mol. The second-order valence-electron chi connectivity index (χ2n) is 5.91. The van der Waals surface area contributed by atoms with Crippen molar-refractivity contribution in [1.29, 1.82) is 0 Å². The van der Waals surface area contributed by atoms with Gasteiger partial charge in [-0.15, -0.1) is 0 Å². The Morgan fingerprint density at radius 1 is 1.20 bits per heavy atom. The number of nitrogens with zero attached hydrogens (tertiary/aromatic N) is 1. The van der Waals surface area contributed by atoms with Crippen LogP contribution in [0.4, 0.5) is 8.78 Å². The highest BCUT2D eigenvalue weighted by Gasteiger charge is 2.37. The Morgan fingerprint density at radius 2 is 1.85 bits per heavy atom. The number of nitrogens with two attached hydrogens (primary N) is 1. The lowest BCUT2D eigenvalue weighted by atomic mass is 9.82. The number of likely N-dealkylation sites (tertiary alicyclic amines) is 1. The van der Waals surface area contributed by atoms with E-state index in [1.807, 2.05) is 0 Å². The number of piperidine rings is 1. The van der Waals surface area contributed by atoms with E-state index in [1.54, 1.807) is 6.07 Å². The number of hydrogen-bond donors (Lipinski definition) is 1. The molecule has 1 aliphatic rings. The van der Waals surface area contributed by atoms with Crippen LogP contribution in [0.1, 0.15) is 51.1 Å². The van der Waals surface area contributed by atoms with E-state index in [9.17, 15) is 8.78 Å². The largest absolute Gasteiger partial charge is 0.322 e. The van der Waals surface area contributed by atoms with Crippen molar-refractivity contribution in [2.45, 2.75) is 51.1 Å². The second kappa shape index (κ2) is 6.19. The number of halogens is 2. The Bertz CT molecular complexity index is 458. The van der Waals surface area contributed by atoms with Gasteiger partial charge in [-0.3, -0.25) is 4.90 Å². The van der Waals surface area contributed by atoms with Crippen LogP contribution >= 0.6 is 0 Å². The molecule has 1 saturated heterocycles. The third-order valence-corrected chi connectivity index (χ3v) is 4.77. The molecule has 0 radical (unpaired) electrons. The first-order chi connectivity index (χ1) is 9.49. The summed E-state index contributed by atoms with van der Waals surface area (Å²) in [5.74, 6) is -1.65. The van der Waals surface area contributed by atoms with Gasteiger partial charge >= 0.3 is 0 Å². The predicted octanol–water partition coefficient (Wildman–Crippen LogP) is 3.62. The zero-order valence-electron chi connectivity index (χ0n) is 12.3. The molecule has 112 valence electrons. The van der Waals surface area contributed by atoms with Crippen molar-refractivity contribution in [2.75, 3.05) is 13.1 Å². The minimum atomic E-state index is -0.824. The van der Waals surface area contributed by atoms with Crippen molar-refractivity contribution >= 4 is 0 Å². The molecule has 20 heavy (non-hydrogen) atoms. The highest BCUT2D eigenvalue weighted by atomic mass is 19.2. The van der Waals surface area contributed by atoms with Crippen LogP contribution in [-0.2, 0) is 0 Å². The molecule has 0 spiro atoms. The van der Waals surface area contributed by atoms with Gasteiger partial charge in [-0.05, 0) is 57.0 Å². The summed E-state index contributed by atoms with van der Waals surface area (Å²) in [6.07, 6.45) is 4.50. The van der Waals surface area contributed by atoms with Gasteiger partial charge in [-0.25, -0.2) is 8.78 Å². The van der Waals surface area contributed by atoms with Gasteiger partial charge in [0.1, 0.15) is 0 Å².